The summed E-state index contributed by atoms with van der Waals surface area (Å²) in [4.78, 5) is 154. The Morgan fingerprint density at radius 1 is 0.437 bits per heavy atom. The van der Waals surface area contributed by atoms with Crippen molar-refractivity contribution in [1.82, 2.24) is 44.6 Å². The van der Waals surface area contributed by atoms with Gasteiger partial charge < -0.3 is 81.2 Å². The van der Waals surface area contributed by atoms with Crippen LogP contribution in [0.15, 0.2) is 84.9 Å². The number of rotatable bonds is 12. The predicted molar refractivity (Wildman–Crippen MR) is 490 cm³/mol. The summed E-state index contributed by atoms with van der Waals surface area (Å²) in [6.07, 6.45) is 22.0. The molecule has 4 saturated carbocycles. The van der Waals surface area contributed by atoms with Gasteiger partial charge in [0.15, 0.2) is 0 Å². The second-order valence-electron chi connectivity index (χ2n) is 40.7. The van der Waals surface area contributed by atoms with Crippen molar-refractivity contribution in [3.63, 3.8) is 0 Å². The Morgan fingerprint density at radius 2 is 0.859 bits per heavy atom. The van der Waals surface area contributed by atoms with Gasteiger partial charge in [-0.1, -0.05) is 142 Å². The maximum atomic E-state index is 14.3. The van der Waals surface area contributed by atoms with Crippen LogP contribution in [0.1, 0.15) is 213 Å². The summed E-state index contributed by atoms with van der Waals surface area (Å²) < 4.78 is 65.1. The largest absolute Gasteiger partial charge is 0.540 e. The zero-order valence-electron chi connectivity index (χ0n) is 80.3. The third-order valence-corrected chi connectivity index (χ3v) is 29.3. The van der Waals surface area contributed by atoms with E-state index in [1.807, 2.05) is 147 Å². The summed E-state index contributed by atoms with van der Waals surface area (Å²) in [5, 5.41) is 0. The third kappa shape index (κ3) is 24.6. The van der Waals surface area contributed by atoms with Crippen molar-refractivity contribution in [3.8, 4) is 34.9 Å². The first-order valence-corrected chi connectivity index (χ1v) is 47.7. The maximum absolute atomic E-state index is 14.3. The molecule has 6 bridgehead atoms. The Hall–Kier alpha value is -8.80. The molecular weight excluding hydrogens is 1840 g/mol. The fourth-order valence-corrected chi connectivity index (χ4v) is 21.2. The van der Waals surface area contributed by atoms with Crippen LogP contribution in [0, 0.1) is 75.9 Å². The first-order chi connectivity index (χ1) is 63.4. The normalized spacial score (nSPS) is 29.6. The first-order valence-electron chi connectivity index (χ1n) is 47.7. The number of amides is 3. The number of benzene rings is 4. The van der Waals surface area contributed by atoms with Crippen LogP contribution in [-0.4, -0.2) is 222 Å². The van der Waals surface area contributed by atoms with Crippen molar-refractivity contribution < 1.29 is 151 Å². The summed E-state index contributed by atoms with van der Waals surface area (Å²) >= 11 is 0. The minimum atomic E-state index is -0.900. The number of hydrogen-bond donors (Lipinski definition) is 0. The molecule has 6 aliphatic heterocycles. The maximum Gasteiger partial charge on any atom is 0.307 e. The second kappa shape index (κ2) is 45.9. The predicted octanol–water partition coefficient (Wildman–Crippen LogP) is 14.4. The van der Waals surface area contributed by atoms with Crippen molar-refractivity contribution in [2.45, 2.75) is 264 Å². The molecule has 3 radical (unpaired) electrons. The van der Waals surface area contributed by atoms with E-state index >= 15 is 0 Å². The fraction of sp³-hybridized carbons (Fsp3) is 0.621. The minimum Gasteiger partial charge on any atom is -0.540 e. The van der Waals surface area contributed by atoms with Crippen LogP contribution in [-0.2, 0) is 142 Å². The smallest absolute Gasteiger partial charge is 0.307 e. The molecule has 135 heavy (non-hydrogen) atoms. The van der Waals surface area contributed by atoms with E-state index in [0.29, 0.717) is 100 Å². The average Bonchev–Trinajstić information content (AvgIpc) is 1.62. The van der Waals surface area contributed by atoms with Gasteiger partial charge in [-0.25, -0.2) is 48.8 Å². The van der Waals surface area contributed by atoms with Crippen LogP contribution in [0.2, 0.25) is 0 Å². The molecule has 3 saturated heterocycles. The van der Waals surface area contributed by atoms with Gasteiger partial charge in [-0.05, 0) is 173 Å². The van der Waals surface area contributed by atoms with Crippen LogP contribution in [0.3, 0.4) is 0 Å². The first kappa shape index (κ1) is 105. The summed E-state index contributed by atoms with van der Waals surface area (Å²) in [6.45, 7) is 18.2. The van der Waals surface area contributed by atoms with Gasteiger partial charge in [-0.2, -0.15) is 0 Å². The van der Waals surface area contributed by atoms with Gasteiger partial charge in [0.1, 0.15) is 70.5 Å². The molecule has 20 atom stereocenters. The van der Waals surface area contributed by atoms with E-state index in [9.17, 15) is 43.2 Å². The number of methoxy groups -OCH3 is 5. The van der Waals surface area contributed by atoms with Gasteiger partial charge in [0.05, 0.1) is 124 Å². The summed E-state index contributed by atoms with van der Waals surface area (Å²) in [5.41, 5.74) is 5.69. The SMILES string of the molecule is COC[C@@H]1[C@@H]2CN(C(=O)[C@H](C(C)(C)C)CC(=O)O[C@@H]3C[C@H]3CCCCCc3nc4ccc(OC)cc4nc3O2)[C@@H]1[C-]=O.COC[C@@H]1[C@@H]2CN(C(=O)[C@H](C(C)(C)C)CC(=O)O[C@]3(C)C[C@H]3CCCCCc3nc4ccc(OC)cc4nc3O2)[C@@H]1[C-]=O.COc1ccc2nc3c(nc2c1)O[C@H]1CN(C(=O)[C@H](C(C)C)CC(=O)O[C@@H]2CC4CC4[C@H]2CCCCC3)[C@H]([C-]=O)[C@@H]1c1ccccc1.[V].[V].[V]. The number of aryl methyl sites for hydroxylation is 3. The number of esters is 3. The monoisotopic (exact) mass is 1970 g/mol. The van der Waals surface area contributed by atoms with Crippen LogP contribution >= 0.6 is 0 Å². The molecule has 32 heteroatoms. The topological polar surface area (TPSA) is 342 Å². The molecule has 4 aliphatic carbocycles. The van der Waals surface area contributed by atoms with Gasteiger partial charge >= 0.3 is 17.9 Å². The number of fused-ring (bicyclic) bond motifs is 17. The summed E-state index contributed by atoms with van der Waals surface area (Å²) in [7, 11) is 7.92. The molecule has 3 amide bonds. The van der Waals surface area contributed by atoms with Crippen molar-refractivity contribution >= 4 is 87.6 Å². The van der Waals surface area contributed by atoms with E-state index in [0.717, 1.165) is 136 Å². The van der Waals surface area contributed by atoms with E-state index < -0.39 is 88.4 Å². The Labute approximate surface area is 828 Å². The molecule has 2 unspecified atom stereocenters. The molecule has 9 heterocycles. The van der Waals surface area contributed by atoms with Gasteiger partial charge in [-0.3, -0.25) is 28.8 Å². The number of hydrogen-bond acceptors (Lipinski definition) is 26. The van der Waals surface area contributed by atoms with Crippen molar-refractivity contribution in [1.29, 1.82) is 0 Å². The van der Waals surface area contributed by atoms with Crippen LogP contribution in [0.5, 0.6) is 34.9 Å². The van der Waals surface area contributed by atoms with Crippen LogP contribution in [0.4, 0.5) is 0 Å². The van der Waals surface area contributed by atoms with Crippen molar-refractivity contribution in [2.75, 3.05) is 68.4 Å². The van der Waals surface area contributed by atoms with Crippen LogP contribution < -0.4 is 28.4 Å². The van der Waals surface area contributed by atoms with Gasteiger partial charge in [-0.15, -0.1) is 0 Å². The molecule has 7 fully saturated rings. The van der Waals surface area contributed by atoms with E-state index in [1.165, 1.54) is 16.2 Å². The standard InChI is InChI=1S/C38H44N3O6.C33H44N3O7.C32H42N3O7.3V/c1-22(2)27-19-35(43)46-33-17-24-16-28(24)26(33)12-8-5-9-13-30-37(40-31-18-25(45-3)14-15-29(31)39-30)47-34-20-41(38(27)44)32(21-42)36(34)23-10-6-4-7-11-23;1-32(2,3)23-15-29(38)43-33(4)16-20(33)10-8-7-9-11-25-30(35-26-14-21(41-6)12-13-24(26)34-25)42-28-17-36(31(23)39)27(18-37)22(28)19-40-5;1-32(2,3)22-15-29(37)41-27-13-19(27)9-7-6-8-10-24-30(34-25-14-20(40-5)11-12-23(25)33-24)42-28-16-35(31(22)38)26(17-36)21(28)18-39-4;;;/h4,6-7,10-11,14-15,18,22,24,26-28,32-34,36H,5,8-9,12-13,16-17,19-20H2,1-3H3;12-14,20,22-23,27-28H,7-11,15-17,19H2,1-6H3;11-12,14,19,21-22,26-28H,6-10,13,15-16,18H2,1-5H3;;;/q3*-1;;;/t24?,26-,27+,28?,32-,33-,34+,36+;20-,22+,23-,27-,28+,33-;19-,21+,22-,26-,27-,28+;;;/m111.../s1. The molecule has 7 aromatic rings. The van der Waals surface area contributed by atoms with Crippen LogP contribution in [0.25, 0.3) is 33.1 Å². The summed E-state index contributed by atoms with van der Waals surface area (Å²) in [6, 6.07) is 23.7. The molecule has 725 valence electrons. The number of carbonyl (C=O) groups excluding carboxylic acids is 9. The quantitative estimate of drug-likeness (QED) is 0.0623. The number of carbonyl (C=O) groups is 6. The molecule has 17 rings (SSSR count). The third-order valence-electron chi connectivity index (χ3n) is 29.3. The van der Waals surface area contributed by atoms with Gasteiger partial charge in [0, 0.05) is 112 Å². The molecular formula is C103H130N9O20V3-3. The fourth-order valence-electron chi connectivity index (χ4n) is 21.2. The Kier molecular flexibility index (Phi) is 35.7. The number of nitrogens with zero attached hydrogens (tertiary/aromatic N) is 9. The second-order valence-corrected chi connectivity index (χ2v) is 40.7. The van der Waals surface area contributed by atoms with Gasteiger partial charge in [0.2, 0.25) is 35.4 Å². The number of aromatic nitrogens is 6. The Bertz CT molecular complexity index is 5340. The van der Waals surface area contributed by atoms with E-state index in [2.05, 4.69) is 18.9 Å². The summed E-state index contributed by atoms with van der Waals surface area (Å²) in [5.74, 6) is 0.0580. The van der Waals surface area contributed by atoms with E-state index in [-0.39, 0.29) is 162 Å². The Morgan fingerprint density at radius 3 is 1.31 bits per heavy atom. The van der Waals surface area contributed by atoms with Gasteiger partial charge in [0.25, 0.3) is 0 Å². The number of ether oxygens (including phenoxy) is 11. The molecule has 4 aromatic carbocycles. The van der Waals surface area contributed by atoms with Crippen molar-refractivity contribution in [2.24, 2.45) is 75.9 Å². The average molecular weight is 1970 g/mol. The molecule has 3 aromatic heterocycles. The molecule has 0 N–H and O–H groups in total. The minimum absolute atomic E-state index is 0. The molecule has 29 nitrogen and oxygen atoms in total. The zero-order chi connectivity index (χ0) is 93.6. The van der Waals surface area contributed by atoms with E-state index in [4.69, 9.17) is 82.0 Å². The van der Waals surface area contributed by atoms with Crippen molar-refractivity contribution in [3.05, 3.63) is 108 Å². The molecule has 0 spiro atoms. The zero-order valence-corrected chi connectivity index (χ0v) is 84.4. The Balaban J connectivity index is 0.000000181. The molecule has 10 aliphatic rings. The van der Waals surface area contributed by atoms with E-state index in [1.54, 1.807) is 40.4 Å².